The molecule has 0 spiro atoms. The van der Waals surface area contributed by atoms with Gasteiger partial charge in [0.15, 0.2) is 11.6 Å². The van der Waals surface area contributed by atoms with E-state index in [1.54, 1.807) is 17.9 Å². The lowest BCUT2D eigenvalue weighted by atomic mass is 9.76. The Kier molecular flexibility index (Phi) is 10.1. The Labute approximate surface area is 247 Å². The van der Waals surface area contributed by atoms with Gasteiger partial charge in [0, 0.05) is 31.2 Å². The molecule has 0 N–H and O–H groups in total. The average Bonchev–Trinajstić information content (AvgIpc) is 2.91. The Balaban J connectivity index is 1.32. The maximum absolute atomic E-state index is 16.1. The van der Waals surface area contributed by atoms with E-state index in [4.69, 9.17) is 19.2 Å². The summed E-state index contributed by atoms with van der Waals surface area (Å²) in [6, 6.07) is 8.39. The molecule has 1 saturated heterocycles. The highest BCUT2D eigenvalue weighted by molar-refractivity contribution is 5.88. The van der Waals surface area contributed by atoms with Crippen molar-refractivity contribution < 1.29 is 32.6 Å². The molecule has 2 aliphatic heterocycles. The highest BCUT2D eigenvalue weighted by Crippen LogP contribution is 2.42. The van der Waals surface area contributed by atoms with Crippen LogP contribution in [0.4, 0.5) is 19.4 Å². The Bertz CT molecular complexity index is 1260. The van der Waals surface area contributed by atoms with Crippen LogP contribution in [0.15, 0.2) is 30.3 Å². The number of anilines is 1. The number of likely N-dealkylation sites (tertiary alicyclic amines) is 1. The molecule has 230 valence electrons. The number of benzene rings is 1. The Morgan fingerprint density at radius 2 is 1.90 bits per heavy atom. The van der Waals surface area contributed by atoms with Gasteiger partial charge in [0.1, 0.15) is 17.1 Å². The number of carbonyl (C=O) groups is 2. The number of hydrogen-bond donors (Lipinski definition) is 0. The summed E-state index contributed by atoms with van der Waals surface area (Å²) >= 11 is 0. The van der Waals surface area contributed by atoms with E-state index >= 15 is 4.39 Å². The van der Waals surface area contributed by atoms with Gasteiger partial charge in [-0.1, -0.05) is 12.1 Å². The maximum atomic E-state index is 16.1. The molecule has 1 aromatic heterocycles. The molecule has 1 fully saturated rings. The molecule has 2 aromatic rings. The number of unbranched alkanes of at least 4 members (excludes halogenated alkanes) is 1. The van der Waals surface area contributed by atoms with Gasteiger partial charge >= 0.3 is 12.1 Å². The number of aromatic nitrogens is 1. The van der Waals surface area contributed by atoms with Crippen LogP contribution in [-0.4, -0.2) is 73.1 Å². The van der Waals surface area contributed by atoms with Gasteiger partial charge in [0.05, 0.1) is 20.1 Å². The molecule has 42 heavy (non-hydrogen) atoms. The summed E-state index contributed by atoms with van der Waals surface area (Å²) in [5.41, 5.74) is 0.124. The van der Waals surface area contributed by atoms with E-state index < -0.39 is 29.0 Å². The molecule has 1 aromatic carbocycles. The molecule has 3 heterocycles. The SMILES string of the molecule is CCOC(=O)CC(c1ccc(OC)c(F)c1)C1(F)CN(CCCCc2ccc3c(n2)N(C(=O)OC(C)(C)C)CCC3)C1. The maximum Gasteiger partial charge on any atom is 0.416 e. The number of halogens is 2. The van der Waals surface area contributed by atoms with Crippen molar-refractivity contribution in [3.05, 3.63) is 53.0 Å². The number of ether oxygens (including phenoxy) is 3. The van der Waals surface area contributed by atoms with Gasteiger partial charge in [-0.3, -0.25) is 14.6 Å². The van der Waals surface area contributed by atoms with Gasteiger partial charge in [-0.25, -0.2) is 18.6 Å². The highest BCUT2D eigenvalue weighted by atomic mass is 19.1. The Morgan fingerprint density at radius 3 is 2.57 bits per heavy atom. The van der Waals surface area contributed by atoms with Crippen molar-refractivity contribution in [2.24, 2.45) is 0 Å². The smallest absolute Gasteiger partial charge is 0.416 e. The minimum Gasteiger partial charge on any atom is -0.494 e. The number of aryl methyl sites for hydroxylation is 2. The first-order valence-electron chi connectivity index (χ1n) is 14.8. The van der Waals surface area contributed by atoms with Crippen LogP contribution in [-0.2, 0) is 27.1 Å². The molecule has 1 atom stereocenters. The number of amides is 1. The summed E-state index contributed by atoms with van der Waals surface area (Å²) in [7, 11) is 1.37. The predicted molar refractivity (Wildman–Crippen MR) is 156 cm³/mol. The first-order valence-corrected chi connectivity index (χ1v) is 14.8. The van der Waals surface area contributed by atoms with Crippen LogP contribution in [0.25, 0.3) is 0 Å². The number of alkyl halides is 1. The number of carbonyl (C=O) groups excluding carboxylic acids is 2. The Hall–Kier alpha value is -3.27. The van der Waals surface area contributed by atoms with Crippen molar-refractivity contribution in [3.8, 4) is 5.75 Å². The summed E-state index contributed by atoms with van der Waals surface area (Å²) in [6.07, 6.45) is 3.64. The van der Waals surface area contributed by atoms with Gasteiger partial charge in [-0.15, -0.1) is 0 Å². The topological polar surface area (TPSA) is 81.2 Å². The van der Waals surface area contributed by atoms with E-state index in [1.165, 1.54) is 19.2 Å². The van der Waals surface area contributed by atoms with E-state index in [1.807, 2.05) is 37.8 Å². The summed E-state index contributed by atoms with van der Waals surface area (Å²) < 4.78 is 46.2. The average molecular weight is 588 g/mol. The zero-order chi connectivity index (χ0) is 30.5. The number of methoxy groups -OCH3 is 1. The number of fused-ring (bicyclic) bond motifs is 1. The van der Waals surface area contributed by atoms with E-state index in [-0.39, 0.29) is 38.0 Å². The van der Waals surface area contributed by atoms with Crippen LogP contribution < -0.4 is 9.64 Å². The molecule has 10 heteroatoms. The third-order valence-electron chi connectivity index (χ3n) is 7.72. The minimum absolute atomic E-state index is 0.0720. The second-order valence-corrected chi connectivity index (χ2v) is 12.2. The van der Waals surface area contributed by atoms with Crippen molar-refractivity contribution in [1.82, 2.24) is 9.88 Å². The summed E-state index contributed by atoms with van der Waals surface area (Å²) in [5, 5.41) is 0. The fourth-order valence-electron chi connectivity index (χ4n) is 5.72. The van der Waals surface area contributed by atoms with Crippen LogP contribution in [0.2, 0.25) is 0 Å². The largest absolute Gasteiger partial charge is 0.494 e. The number of pyridine rings is 1. The second kappa shape index (κ2) is 13.4. The fraction of sp³-hybridized carbons (Fsp3) is 0.594. The van der Waals surface area contributed by atoms with Crippen molar-refractivity contribution in [1.29, 1.82) is 0 Å². The third kappa shape index (κ3) is 7.76. The predicted octanol–water partition coefficient (Wildman–Crippen LogP) is 6.00. The monoisotopic (exact) mass is 587 g/mol. The van der Waals surface area contributed by atoms with Gasteiger partial charge in [-0.05, 0) is 95.7 Å². The van der Waals surface area contributed by atoms with Crippen LogP contribution in [0.1, 0.15) is 76.1 Å². The first kappa shape index (κ1) is 31.7. The molecule has 0 bridgehead atoms. The number of rotatable bonds is 11. The third-order valence-corrected chi connectivity index (χ3v) is 7.72. The van der Waals surface area contributed by atoms with E-state index in [2.05, 4.69) is 0 Å². The molecule has 1 unspecified atom stereocenters. The standard InChI is InChI=1S/C32H43F2N3O5/c1-6-41-28(38)19-25(23-13-15-27(40-5)26(33)18-23)32(34)20-36(21-32)16-8-7-11-24-14-12-22-10-9-17-37(29(22)35-24)30(39)42-31(2,3)4/h12-15,18,25H,6-11,16-17,19-21H2,1-5H3. The molecule has 2 aliphatic rings. The van der Waals surface area contributed by atoms with Crippen molar-refractivity contribution in [2.45, 2.75) is 83.4 Å². The van der Waals surface area contributed by atoms with Gasteiger partial charge in [0.2, 0.25) is 0 Å². The highest BCUT2D eigenvalue weighted by Gasteiger charge is 2.50. The van der Waals surface area contributed by atoms with Crippen molar-refractivity contribution in [2.75, 3.05) is 44.8 Å². The van der Waals surface area contributed by atoms with E-state index in [0.717, 1.165) is 43.4 Å². The number of hydrogen-bond acceptors (Lipinski definition) is 7. The minimum atomic E-state index is -1.67. The van der Waals surface area contributed by atoms with Crippen LogP contribution in [0.3, 0.4) is 0 Å². The zero-order valence-corrected chi connectivity index (χ0v) is 25.4. The molecule has 8 nitrogen and oxygen atoms in total. The van der Waals surface area contributed by atoms with Crippen LogP contribution >= 0.6 is 0 Å². The fourth-order valence-corrected chi connectivity index (χ4v) is 5.72. The molecular weight excluding hydrogens is 544 g/mol. The van der Waals surface area contributed by atoms with Crippen LogP contribution in [0.5, 0.6) is 5.75 Å². The molecule has 0 saturated carbocycles. The lowest BCUT2D eigenvalue weighted by Crippen LogP contribution is -2.62. The molecule has 1 amide bonds. The second-order valence-electron chi connectivity index (χ2n) is 12.2. The molecule has 0 radical (unpaired) electrons. The summed E-state index contributed by atoms with van der Waals surface area (Å²) in [4.78, 5) is 33.5. The zero-order valence-electron chi connectivity index (χ0n) is 25.4. The lowest BCUT2D eigenvalue weighted by Gasteiger charge is -2.48. The van der Waals surface area contributed by atoms with Crippen molar-refractivity contribution in [3.63, 3.8) is 0 Å². The normalized spacial score (nSPS) is 17.2. The van der Waals surface area contributed by atoms with E-state index in [9.17, 15) is 14.0 Å². The van der Waals surface area contributed by atoms with Crippen molar-refractivity contribution >= 4 is 17.9 Å². The number of esters is 1. The first-order chi connectivity index (χ1) is 19.9. The van der Waals surface area contributed by atoms with Gasteiger partial charge in [0.25, 0.3) is 0 Å². The quantitative estimate of drug-likeness (QED) is 0.236. The molecule has 0 aliphatic carbocycles. The van der Waals surface area contributed by atoms with Gasteiger partial charge in [-0.2, -0.15) is 0 Å². The van der Waals surface area contributed by atoms with Gasteiger partial charge < -0.3 is 14.2 Å². The summed E-state index contributed by atoms with van der Waals surface area (Å²) in [5.74, 6) is -1.16. The van der Waals surface area contributed by atoms with Crippen LogP contribution in [0, 0.1) is 5.82 Å². The Morgan fingerprint density at radius 1 is 1.14 bits per heavy atom. The molecular formula is C32H43F2N3O5. The summed E-state index contributed by atoms with van der Waals surface area (Å²) in [6.45, 7) is 9.05. The van der Waals surface area contributed by atoms with E-state index in [0.29, 0.717) is 24.5 Å². The lowest BCUT2D eigenvalue weighted by molar-refractivity contribution is -0.146. The molecule has 4 rings (SSSR count). The number of nitrogens with zero attached hydrogens (tertiary/aromatic N) is 3.